The fraction of sp³-hybridized carbons (Fsp3) is 0.590. The predicted molar refractivity (Wildman–Crippen MR) is 206 cm³/mol. The minimum atomic E-state index is -4.57. The third-order valence-corrected chi connectivity index (χ3v) is 7.94. The minimum absolute atomic E-state index is 0. The molecule has 0 bridgehead atoms. The average molecular weight is 819 g/mol. The van der Waals surface area contributed by atoms with E-state index < -0.39 is 23.7 Å². The van der Waals surface area contributed by atoms with Gasteiger partial charge in [0.05, 0.1) is 30.5 Å². The van der Waals surface area contributed by atoms with Crippen LogP contribution < -0.4 is 20.1 Å². The molecule has 0 atom stereocenters. The number of aryl methyl sites for hydroxylation is 2. The normalized spacial score (nSPS) is 11.1. The third-order valence-electron chi connectivity index (χ3n) is 7.94. The van der Waals surface area contributed by atoms with Crippen molar-refractivity contribution in [2.45, 2.75) is 98.8 Å². The summed E-state index contributed by atoms with van der Waals surface area (Å²) in [6.45, 7) is 11.2. The van der Waals surface area contributed by atoms with Gasteiger partial charge in [-0.25, -0.2) is 14.6 Å². The van der Waals surface area contributed by atoms with Gasteiger partial charge >= 0.3 is 18.4 Å². The zero-order chi connectivity index (χ0) is 41.7. The Kier molecular flexibility index (Phi) is 22.4. The van der Waals surface area contributed by atoms with Crippen LogP contribution in [0.5, 0.6) is 11.5 Å². The van der Waals surface area contributed by atoms with Gasteiger partial charge in [0, 0.05) is 31.3 Å². The van der Waals surface area contributed by atoms with E-state index in [0.29, 0.717) is 74.7 Å². The first-order chi connectivity index (χ1) is 26.7. The number of alkyl halides is 6. The van der Waals surface area contributed by atoms with E-state index in [1.165, 1.54) is 24.3 Å². The molecule has 0 radical (unpaired) electrons. The number of carbonyl (C=O) groups excluding carboxylic acids is 2. The summed E-state index contributed by atoms with van der Waals surface area (Å²) in [7, 11) is 3.55. The summed E-state index contributed by atoms with van der Waals surface area (Å²) in [5.41, 5.74) is -0.500. The fourth-order valence-corrected chi connectivity index (χ4v) is 5.28. The Morgan fingerprint density at radius 2 is 1.28 bits per heavy atom. The second-order valence-corrected chi connectivity index (χ2v) is 12.5. The lowest BCUT2D eigenvalue weighted by Crippen LogP contribution is -2.38. The molecule has 320 valence electrons. The first-order valence-electron chi connectivity index (χ1n) is 18.6. The molecule has 0 saturated heterocycles. The standard InChI is InChI=1S/C19H26F3N3O3.C15H19F3N2O2.C4H7NO.CH4/c1-4-7-13-15(27-12-6-11-25(3)18(26)23-10-5-2)9-8-14-16(13)28-24-17(14)19(20,21)22;1-3-5-10-12(21-9-4-8-19-2)7-6-11-13(10)22-20-14(11)15(16,17)18;1-2-3-5-4-6;/h8-9H,4-7,10-12H2,1-3H3,(H,23,26);6-7,19H,3-5,8-9H2,1-2H3;2-3H2,1H3;1H4. The lowest BCUT2D eigenvalue weighted by atomic mass is 10.0. The summed E-state index contributed by atoms with van der Waals surface area (Å²) in [5, 5.41) is 12.1. The van der Waals surface area contributed by atoms with Gasteiger partial charge in [0.2, 0.25) is 6.08 Å². The van der Waals surface area contributed by atoms with Gasteiger partial charge in [-0.1, -0.05) is 58.3 Å². The number of amides is 2. The van der Waals surface area contributed by atoms with Crippen LogP contribution in [0.1, 0.15) is 96.2 Å². The van der Waals surface area contributed by atoms with Gasteiger partial charge in [0.25, 0.3) is 0 Å². The van der Waals surface area contributed by atoms with Crippen molar-refractivity contribution < 1.29 is 54.5 Å². The first kappa shape index (κ1) is 50.2. The Morgan fingerprint density at radius 1 is 0.789 bits per heavy atom. The second kappa shape index (κ2) is 25.4. The molecule has 2 heterocycles. The van der Waals surface area contributed by atoms with Crippen LogP contribution in [0.25, 0.3) is 21.9 Å². The van der Waals surface area contributed by atoms with Crippen molar-refractivity contribution in [3.05, 3.63) is 46.8 Å². The number of rotatable bonds is 18. The quantitative estimate of drug-likeness (QED) is 0.0434. The van der Waals surface area contributed by atoms with Crippen molar-refractivity contribution in [3.63, 3.8) is 0 Å². The number of nitrogens with zero attached hydrogens (tertiary/aromatic N) is 4. The van der Waals surface area contributed by atoms with Gasteiger partial charge in [0.1, 0.15) is 11.5 Å². The largest absolute Gasteiger partial charge is 0.493 e. The highest BCUT2D eigenvalue weighted by Gasteiger charge is 2.38. The van der Waals surface area contributed by atoms with Crippen LogP contribution in [-0.4, -0.2) is 80.8 Å². The van der Waals surface area contributed by atoms with E-state index in [2.05, 4.69) is 25.9 Å². The fourth-order valence-electron chi connectivity index (χ4n) is 5.28. The molecule has 4 aromatic rings. The van der Waals surface area contributed by atoms with Gasteiger partial charge in [-0.3, -0.25) is 0 Å². The molecule has 12 nitrogen and oxygen atoms in total. The summed E-state index contributed by atoms with van der Waals surface area (Å²) in [5.74, 6) is 1.05. The monoisotopic (exact) mass is 818 g/mol. The van der Waals surface area contributed by atoms with Gasteiger partial charge in [-0.2, -0.15) is 26.3 Å². The average Bonchev–Trinajstić information content (AvgIpc) is 3.81. The molecule has 0 spiro atoms. The molecule has 4 rings (SSSR count). The van der Waals surface area contributed by atoms with Crippen LogP contribution in [0.3, 0.4) is 0 Å². The van der Waals surface area contributed by atoms with Crippen molar-refractivity contribution in [1.29, 1.82) is 0 Å². The summed E-state index contributed by atoms with van der Waals surface area (Å²) in [6.07, 6.45) is -1.88. The first-order valence-corrected chi connectivity index (χ1v) is 18.6. The van der Waals surface area contributed by atoms with Crippen LogP contribution in [0.15, 0.2) is 38.3 Å². The van der Waals surface area contributed by atoms with E-state index in [1.807, 2.05) is 34.7 Å². The molecule has 2 aromatic heterocycles. The number of urea groups is 1. The topological polar surface area (TPSA) is 144 Å². The predicted octanol–water partition coefficient (Wildman–Crippen LogP) is 9.78. The molecule has 0 aliphatic heterocycles. The molecule has 0 aliphatic carbocycles. The van der Waals surface area contributed by atoms with Crippen LogP contribution >= 0.6 is 0 Å². The molecular formula is C39H56F6N6O6. The van der Waals surface area contributed by atoms with Gasteiger partial charge in [-0.05, 0) is 76.4 Å². The van der Waals surface area contributed by atoms with Crippen molar-refractivity contribution in [2.24, 2.45) is 4.99 Å². The molecular weight excluding hydrogens is 762 g/mol. The molecule has 18 heteroatoms. The smallest absolute Gasteiger partial charge is 0.437 e. The molecule has 2 amide bonds. The molecule has 2 N–H and O–H groups in total. The summed E-state index contributed by atoms with van der Waals surface area (Å²) in [4.78, 5) is 25.9. The number of hydrogen-bond donors (Lipinski definition) is 2. The summed E-state index contributed by atoms with van der Waals surface area (Å²) >= 11 is 0. The van der Waals surface area contributed by atoms with E-state index >= 15 is 0 Å². The number of hydrogen-bond acceptors (Lipinski definition) is 10. The minimum Gasteiger partial charge on any atom is -0.493 e. The van der Waals surface area contributed by atoms with Crippen molar-refractivity contribution in [1.82, 2.24) is 25.8 Å². The van der Waals surface area contributed by atoms with E-state index in [0.717, 1.165) is 38.6 Å². The Morgan fingerprint density at radius 3 is 1.67 bits per heavy atom. The van der Waals surface area contributed by atoms with Gasteiger partial charge < -0.3 is 34.1 Å². The van der Waals surface area contributed by atoms with Gasteiger partial charge in [-0.15, -0.1) is 0 Å². The highest BCUT2D eigenvalue weighted by Crippen LogP contribution is 2.39. The molecule has 0 aliphatic rings. The number of fused-ring (bicyclic) bond motifs is 2. The molecule has 2 aromatic carbocycles. The Balaban J connectivity index is 0.000000500. The molecule has 0 fully saturated rings. The molecule has 57 heavy (non-hydrogen) atoms. The van der Waals surface area contributed by atoms with E-state index in [9.17, 15) is 35.9 Å². The maximum atomic E-state index is 13.0. The highest BCUT2D eigenvalue weighted by atomic mass is 19.4. The lowest BCUT2D eigenvalue weighted by molar-refractivity contribution is -0.142. The van der Waals surface area contributed by atoms with Crippen molar-refractivity contribution in [3.8, 4) is 11.5 Å². The van der Waals surface area contributed by atoms with Gasteiger partial charge in [0.15, 0.2) is 22.6 Å². The van der Waals surface area contributed by atoms with E-state index in [1.54, 1.807) is 18.0 Å². The number of ether oxygens (including phenoxy) is 2. The van der Waals surface area contributed by atoms with Crippen molar-refractivity contribution in [2.75, 3.05) is 53.5 Å². The van der Waals surface area contributed by atoms with Crippen molar-refractivity contribution >= 4 is 34.0 Å². The van der Waals surface area contributed by atoms with Crippen LogP contribution in [0, 0.1) is 0 Å². The second-order valence-electron chi connectivity index (χ2n) is 12.5. The molecule has 0 saturated carbocycles. The number of carbonyl (C=O) groups is 1. The number of isocyanates is 1. The SMILES string of the molecule is C.CCCN=C=O.CCCNC(=O)N(C)CCCOc1ccc2c(C(F)(F)F)noc2c1CCC.CCCc1c(OCCCNC)ccc2c(C(F)(F)F)noc12. The van der Waals surface area contributed by atoms with E-state index in [-0.39, 0.29) is 35.4 Å². The number of aromatic nitrogens is 2. The summed E-state index contributed by atoms with van der Waals surface area (Å²) in [6, 6.07) is 5.64. The Labute approximate surface area is 329 Å². The summed E-state index contributed by atoms with van der Waals surface area (Å²) < 4.78 is 99.3. The van der Waals surface area contributed by atoms with Crippen LogP contribution in [-0.2, 0) is 30.0 Å². The molecule has 0 unspecified atom stereocenters. The maximum absolute atomic E-state index is 13.0. The maximum Gasteiger partial charge on any atom is 0.437 e. The lowest BCUT2D eigenvalue weighted by Gasteiger charge is -2.18. The Bertz CT molecular complexity index is 1820. The number of aliphatic imine (C=N–C) groups is 1. The highest BCUT2D eigenvalue weighted by molar-refractivity contribution is 5.86. The number of nitrogens with one attached hydrogen (secondary N) is 2. The zero-order valence-electron chi connectivity index (χ0n) is 32.7. The van der Waals surface area contributed by atoms with Crippen LogP contribution in [0.2, 0.25) is 0 Å². The van der Waals surface area contributed by atoms with E-state index in [4.69, 9.17) is 18.5 Å². The number of benzene rings is 2. The zero-order valence-corrected chi connectivity index (χ0v) is 32.7. The number of halogens is 6. The van der Waals surface area contributed by atoms with Crippen LogP contribution in [0.4, 0.5) is 31.1 Å². The third kappa shape index (κ3) is 15.6. The Hall–Kier alpha value is -4.83.